The molecule has 1 N–H and O–H groups in total. The van der Waals surface area contributed by atoms with Crippen LogP contribution in [0.15, 0.2) is 54.6 Å². The predicted octanol–water partition coefficient (Wildman–Crippen LogP) is 4.56. The van der Waals surface area contributed by atoms with Gasteiger partial charge in [0, 0.05) is 12.6 Å². The van der Waals surface area contributed by atoms with Crippen LogP contribution in [0.5, 0.6) is 5.75 Å². The van der Waals surface area contributed by atoms with Gasteiger partial charge in [-0.1, -0.05) is 63.2 Å². The van der Waals surface area contributed by atoms with Gasteiger partial charge in [-0.25, -0.2) is 0 Å². The van der Waals surface area contributed by atoms with Crippen molar-refractivity contribution < 1.29 is 14.3 Å². The highest BCUT2D eigenvalue weighted by molar-refractivity contribution is 5.88. The Balaban J connectivity index is 2.10. The average Bonchev–Trinajstić information content (AvgIpc) is 2.75. The molecule has 1 atom stereocenters. The van der Waals surface area contributed by atoms with Gasteiger partial charge in [-0.15, -0.1) is 0 Å². The van der Waals surface area contributed by atoms with Crippen LogP contribution >= 0.6 is 0 Å². The summed E-state index contributed by atoms with van der Waals surface area (Å²) in [7, 11) is 0. The number of nitrogens with one attached hydrogen (secondary N) is 1. The SMILES string of the molecule is CC[C@@H](C(=O)NC(C)C)N(CCc1ccccc1)C(=O)COc1ccc(C(C)C)cc1. The number of ether oxygens (including phenoxy) is 1. The normalized spacial score (nSPS) is 12.0. The molecule has 0 aliphatic heterocycles. The number of amides is 2. The Morgan fingerprint density at radius 3 is 2.16 bits per heavy atom. The molecule has 0 bridgehead atoms. The molecule has 168 valence electrons. The van der Waals surface area contributed by atoms with Crippen LogP contribution in [0.1, 0.15) is 58.1 Å². The second-order valence-corrected chi connectivity index (χ2v) is 8.42. The molecule has 0 fully saturated rings. The number of hydrogen-bond donors (Lipinski definition) is 1. The molecule has 31 heavy (non-hydrogen) atoms. The lowest BCUT2D eigenvalue weighted by atomic mass is 10.0. The zero-order valence-corrected chi connectivity index (χ0v) is 19.4. The van der Waals surface area contributed by atoms with Gasteiger partial charge in [-0.05, 0) is 55.9 Å². The van der Waals surface area contributed by atoms with E-state index in [1.54, 1.807) is 4.90 Å². The van der Waals surface area contributed by atoms with Crippen molar-refractivity contribution in [2.45, 2.75) is 65.5 Å². The van der Waals surface area contributed by atoms with Gasteiger partial charge in [0.1, 0.15) is 11.8 Å². The minimum atomic E-state index is -0.523. The molecule has 0 spiro atoms. The van der Waals surface area contributed by atoms with Gasteiger partial charge in [-0.2, -0.15) is 0 Å². The van der Waals surface area contributed by atoms with Crippen LogP contribution in [0.2, 0.25) is 0 Å². The highest BCUT2D eigenvalue weighted by Crippen LogP contribution is 2.19. The lowest BCUT2D eigenvalue weighted by Gasteiger charge is -2.31. The lowest BCUT2D eigenvalue weighted by molar-refractivity contribution is -0.142. The molecule has 2 aromatic rings. The topological polar surface area (TPSA) is 58.6 Å². The van der Waals surface area contributed by atoms with Gasteiger partial charge in [0.05, 0.1) is 0 Å². The first-order chi connectivity index (χ1) is 14.8. The maximum absolute atomic E-state index is 13.1. The fourth-order valence-electron chi connectivity index (χ4n) is 3.45. The molecule has 0 aliphatic rings. The summed E-state index contributed by atoms with van der Waals surface area (Å²) in [5, 5.41) is 2.94. The van der Waals surface area contributed by atoms with Crippen molar-refractivity contribution in [3.63, 3.8) is 0 Å². The van der Waals surface area contributed by atoms with Crippen molar-refractivity contribution in [3.05, 3.63) is 65.7 Å². The van der Waals surface area contributed by atoms with E-state index in [0.29, 0.717) is 31.1 Å². The van der Waals surface area contributed by atoms with E-state index in [1.165, 1.54) is 5.56 Å². The number of hydrogen-bond acceptors (Lipinski definition) is 3. The van der Waals surface area contributed by atoms with Crippen LogP contribution in [0.25, 0.3) is 0 Å². The number of rotatable bonds is 11. The quantitative estimate of drug-likeness (QED) is 0.575. The number of carbonyl (C=O) groups is 2. The first-order valence-corrected chi connectivity index (χ1v) is 11.2. The Bertz CT molecular complexity index is 816. The van der Waals surface area contributed by atoms with Gasteiger partial charge in [0.15, 0.2) is 6.61 Å². The lowest BCUT2D eigenvalue weighted by Crippen LogP contribution is -2.52. The van der Waals surface area contributed by atoms with E-state index in [1.807, 2.05) is 75.4 Å². The Morgan fingerprint density at radius 1 is 0.968 bits per heavy atom. The molecule has 0 saturated carbocycles. The molecule has 0 aliphatic carbocycles. The van der Waals surface area contributed by atoms with Crippen molar-refractivity contribution in [3.8, 4) is 5.75 Å². The van der Waals surface area contributed by atoms with Gasteiger partial charge >= 0.3 is 0 Å². The number of carbonyl (C=O) groups excluding carboxylic acids is 2. The van der Waals surface area contributed by atoms with Gasteiger partial charge in [0.25, 0.3) is 5.91 Å². The minimum absolute atomic E-state index is 0.0170. The van der Waals surface area contributed by atoms with Crippen LogP contribution in [0.3, 0.4) is 0 Å². The molecule has 0 unspecified atom stereocenters. The van der Waals surface area contributed by atoms with E-state index in [-0.39, 0.29) is 24.5 Å². The van der Waals surface area contributed by atoms with E-state index in [9.17, 15) is 9.59 Å². The molecule has 0 saturated heterocycles. The van der Waals surface area contributed by atoms with Crippen LogP contribution in [-0.4, -0.2) is 41.9 Å². The van der Waals surface area contributed by atoms with Crippen LogP contribution in [0.4, 0.5) is 0 Å². The second kappa shape index (κ2) is 12.1. The van der Waals surface area contributed by atoms with Crippen LogP contribution < -0.4 is 10.1 Å². The largest absolute Gasteiger partial charge is 0.484 e. The zero-order valence-electron chi connectivity index (χ0n) is 19.4. The third-order valence-electron chi connectivity index (χ3n) is 5.21. The smallest absolute Gasteiger partial charge is 0.261 e. The van der Waals surface area contributed by atoms with Crippen molar-refractivity contribution >= 4 is 11.8 Å². The molecule has 0 aromatic heterocycles. The van der Waals surface area contributed by atoms with Crippen molar-refractivity contribution in [1.82, 2.24) is 10.2 Å². The van der Waals surface area contributed by atoms with Gasteiger partial charge in [0.2, 0.25) is 5.91 Å². The van der Waals surface area contributed by atoms with E-state index in [0.717, 1.165) is 5.56 Å². The monoisotopic (exact) mass is 424 g/mol. The molecular weight excluding hydrogens is 388 g/mol. The maximum Gasteiger partial charge on any atom is 0.261 e. The Kier molecular flexibility index (Phi) is 9.57. The first kappa shape index (κ1) is 24.4. The summed E-state index contributed by atoms with van der Waals surface area (Å²) in [4.78, 5) is 27.6. The van der Waals surface area contributed by atoms with E-state index in [2.05, 4.69) is 19.2 Å². The average molecular weight is 425 g/mol. The number of nitrogens with zero attached hydrogens (tertiary/aromatic N) is 1. The molecule has 5 heteroatoms. The fourth-order valence-corrected chi connectivity index (χ4v) is 3.45. The van der Waals surface area contributed by atoms with E-state index < -0.39 is 6.04 Å². The maximum atomic E-state index is 13.1. The molecule has 0 radical (unpaired) electrons. The second-order valence-electron chi connectivity index (χ2n) is 8.42. The molecule has 0 heterocycles. The molecule has 2 amide bonds. The summed E-state index contributed by atoms with van der Waals surface area (Å²) in [5.74, 6) is 0.782. The summed E-state index contributed by atoms with van der Waals surface area (Å²) < 4.78 is 5.77. The highest BCUT2D eigenvalue weighted by Gasteiger charge is 2.28. The summed E-state index contributed by atoms with van der Waals surface area (Å²) in [5.41, 5.74) is 2.35. The summed E-state index contributed by atoms with van der Waals surface area (Å²) in [6.45, 7) is 10.4. The van der Waals surface area contributed by atoms with Crippen LogP contribution in [0, 0.1) is 0 Å². The fraction of sp³-hybridized carbons (Fsp3) is 0.462. The Hall–Kier alpha value is -2.82. The highest BCUT2D eigenvalue weighted by atomic mass is 16.5. The summed E-state index contributed by atoms with van der Waals surface area (Å²) in [6.07, 6.45) is 1.23. The van der Waals surface area contributed by atoms with Crippen molar-refractivity contribution in [1.29, 1.82) is 0 Å². The van der Waals surface area contributed by atoms with Gasteiger partial charge in [-0.3, -0.25) is 9.59 Å². The third kappa shape index (κ3) is 7.74. The molecule has 5 nitrogen and oxygen atoms in total. The zero-order chi connectivity index (χ0) is 22.8. The van der Waals surface area contributed by atoms with Crippen LogP contribution in [-0.2, 0) is 16.0 Å². The summed E-state index contributed by atoms with van der Waals surface area (Å²) >= 11 is 0. The summed E-state index contributed by atoms with van der Waals surface area (Å²) in [6, 6.07) is 17.3. The van der Waals surface area contributed by atoms with Crippen molar-refractivity contribution in [2.75, 3.05) is 13.2 Å². The van der Waals surface area contributed by atoms with E-state index >= 15 is 0 Å². The molecule has 2 aromatic carbocycles. The minimum Gasteiger partial charge on any atom is -0.484 e. The standard InChI is InChI=1S/C26H36N2O3/c1-6-24(26(30)27-20(4)5)28(17-16-21-10-8-7-9-11-21)25(29)18-31-23-14-12-22(13-15-23)19(2)3/h7-15,19-20,24H,6,16-18H2,1-5H3,(H,27,30)/t24-/m0/s1. The number of benzene rings is 2. The van der Waals surface area contributed by atoms with Gasteiger partial charge < -0.3 is 15.0 Å². The Morgan fingerprint density at radius 2 is 1.61 bits per heavy atom. The molecule has 2 rings (SSSR count). The molecular formula is C26H36N2O3. The van der Waals surface area contributed by atoms with E-state index in [4.69, 9.17) is 4.74 Å². The first-order valence-electron chi connectivity index (χ1n) is 11.2. The Labute approximate surface area is 186 Å². The predicted molar refractivity (Wildman–Crippen MR) is 125 cm³/mol. The third-order valence-corrected chi connectivity index (χ3v) is 5.21. The van der Waals surface area contributed by atoms with Crippen molar-refractivity contribution in [2.24, 2.45) is 0 Å².